The second-order valence-electron chi connectivity index (χ2n) is 7.69. The Hall–Kier alpha value is -3.40. The number of methoxy groups -OCH3 is 1. The topological polar surface area (TPSA) is 97.0 Å². The molecule has 0 atom stereocenters. The maximum atomic E-state index is 13.1. The van der Waals surface area contributed by atoms with Crippen LogP contribution in [-0.4, -0.2) is 34.1 Å². The summed E-state index contributed by atoms with van der Waals surface area (Å²) in [6.45, 7) is 1.45. The van der Waals surface area contributed by atoms with E-state index in [1.54, 1.807) is 18.2 Å². The molecule has 174 valence electrons. The van der Waals surface area contributed by atoms with Crippen molar-refractivity contribution >= 4 is 17.5 Å². The van der Waals surface area contributed by atoms with Crippen LogP contribution in [0.1, 0.15) is 19.4 Å². The lowest BCUT2D eigenvalue weighted by Crippen LogP contribution is -2.46. The van der Waals surface area contributed by atoms with Gasteiger partial charge in [0.2, 0.25) is 11.8 Å². The molecule has 7 nitrogen and oxygen atoms in total. The maximum Gasteiger partial charge on any atom is 0.402 e. The summed E-state index contributed by atoms with van der Waals surface area (Å²) in [6, 6.07) is 9.21. The summed E-state index contributed by atoms with van der Waals surface area (Å²) in [5.41, 5.74) is -1.26. The average Bonchev–Trinajstić information content (AvgIpc) is 2.77. The van der Waals surface area contributed by atoms with Crippen molar-refractivity contribution in [3.8, 4) is 28.5 Å². The van der Waals surface area contributed by atoms with E-state index in [1.807, 2.05) is 0 Å². The fraction of sp³-hybridized carbons (Fsp3) is 0.273. The zero-order valence-electron chi connectivity index (χ0n) is 17.9. The quantitative estimate of drug-likeness (QED) is 0.546. The number of aromatic nitrogens is 3. The van der Waals surface area contributed by atoms with Crippen LogP contribution in [-0.2, 0) is 11.3 Å². The molecule has 0 aliphatic carbocycles. The Bertz CT molecular complexity index is 1220. The van der Waals surface area contributed by atoms with Crippen LogP contribution in [0, 0.1) is 5.41 Å². The number of rotatable bonds is 6. The first-order chi connectivity index (χ1) is 15.4. The molecule has 0 spiro atoms. The highest BCUT2D eigenvalue weighted by atomic mass is 35.5. The highest BCUT2D eigenvalue weighted by Gasteiger charge is 2.52. The predicted molar refractivity (Wildman–Crippen MR) is 117 cm³/mol. The van der Waals surface area contributed by atoms with Gasteiger partial charge in [0.25, 0.3) is 5.56 Å². The van der Waals surface area contributed by atoms with E-state index < -0.39 is 23.1 Å². The third-order valence-electron chi connectivity index (χ3n) is 5.00. The van der Waals surface area contributed by atoms with Crippen LogP contribution in [0.25, 0.3) is 22.6 Å². The average molecular weight is 481 g/mol. The summed E-state index contributed by atoms with van der Waals surface area (Å²) < 4.78 is 44.2. The number of amides is 1. The summed E-state index contributed by atoms with van der Waals surface area (Å²) in [7, 11) is 1.48. The molecule has 3 aromatic rings. The van der Waals surface area contributed by atoms with E-state index in [0.717, 1.165) is 13.8 Å². The Morgan fingerprint density at radius 3 is 2.52 bits per heavy atom. The molecule has 2 N–H and O–H groups in total. The Morgan fingerprint density at radius 1 is 1.18 bits per heavy atom. The molecule has 0 aliphatic heterocycles. The fourth-order valence-electron chi connectivity index (χ4n) is 2.78. The minimum atomic E-state index is -4.69. The van der Waals surface area contributed by atoms with Crippen molar-refractivity contribution in [1.82, 2.24) is 20.3 Å². The van der Waals surface area contributed by atoms with Crippen LogP contribution in [0.4, 0.5) is 13.2 Å². The first-order valence-electron chi connectivity index (χ1n) is 9.68. The van der Waals surface area contributed by atoms with Crippen LogP contribution < -0.4 is 15.6 Å². The summed E-state index contributed by atoms with van der Waals surface area (Å²) in [5.74, 6) is -0.607. The molecule has 33 heavy (non-hydrogen) atoms. The summed E-state index contributed by atoms with van der Waals surface area (Å²) >= 11 is 6.29. The van der Waals surface area contributed by atoms with Gasteiger partial charge in [-0.15, -0.1) is 0 Å². The van der Waals surface area contributed by atoms with Crippen molar-refractivity contribution in [2.75, 3.05) is 7.11 Å². The number of halogens is 4. The van der Waals surface area contributed by atoms with Crippen molar-refractivity contribution in [3.05, 3.63) is 63.5 Å². The SMILES string of the molecule is COc1ccc(-c2cc(=O)[nH]c(-c3cc(CNC(=O)C(C)(C)C(F)(F)F)ccc3Cl)n2)cn1. The lowest BCUT2D eigenvalue weighted by atomic mass is 9.91. The molecule has 0 bridgehead atoms. The highest BCUT2D eigenvalue weighted by Crippen LogP contribution is 2.37. The van der Waals surface area contributed by atoms with Gasteiger partial charge in [-0.05, 0) is 37.6 Å². The molecular weight excluding hydrogens is 461 g/mol. The van der Waals surface area contributed by atoms with E-state index in [9.17, 15) is 22.8 Å². The number of nitrogens with zero attached hydrogens (tertiary/aromatic N) is 2. The number of benzene rings is 1. The van der Waals surface area contributed by atoms with Crippen molar-refractivity contribution < 1.29 is 22.7 Å². The molecular formula is C22H20ClF3N4O3. The number of pyridine rings is 1. The molecule has 2 heterocycles. The van der Waals surface area contributed by atoms with Crippen LogP contribution in [0.3, 0.4) is 0 Å². The number of H-pyrrole nitrogens is 1. The van der Waals surface area contributed by atoms with Crippen LogP contribution in [0.5, 0.6) is 5.88 Å². The first kappa shape index (κ1) is 24.2. The monoisotopic (exact) mass is 480 g/mol. The summed E-state index contributed by atoms with van der Waals surface area (Å²) in [6.07, 6.45) is -3.19. The predicted octanol–water partition coefficient (Wildman–Crippen LogP) is 4.37. The first-order valence-corrected chi connectivity index (χ1v) is 10.1. The van der Waals surface area contributed by atoms with Crippen molar-refractivity contribution in [2.24, 2.45) is 5.41 Å². The van der Waals surface area contributed by atoms with E-state index in [0.29, 0.717) is 28.3 Å². The van der Waals surface area contributed by atoms with Gasteiger partial charge in [0.15, 0.2) is 0 Å². The van der Waals surface area contributed by atoms with E-state index in [4.69, 9.17) is 16.3 Å². The second kappa shape index (κ2) is 9.22. The third kappa shape index (κ3) is 5.33. The van der Waals surface area contributed by atoms with Gasteiger partial charge < -0.3 is 15.0 Å². The minimum Gasteiger partial charge on any atom is -0.481 e. The van der Waals surface area contributed by atoms with Gasteiger partial charge in [0, 0.05) is 36.0 Å². The van der Waals surface area contributed by atoms with Crippen LogP contribution in [0.15, 0.2) is 47.4 Å². The van der Waals surface area contributed by atoms with Gasteiger partial charge in [-0.3, -0.25) is 9.59 Å². The van der Waals surface area contributed by atoms with Crippen LogP contribution in [0.2, 0.25) is 5.02 Å². The third-order valence-corrected chi connectivity index (χ3v) is 5.33. The molecule has 1 amide bonds. The zero-order chi connectivity index (χ0) is 24.4. The largest absolute Gasteiger partial charge is 0.481 e. The molecule has 2 aromatic heterocycles. The van der Waals surface area contributed by atoms with Crippen molar-refractivity contribution in [2.45, 2.75) is 26.6 Å². The maximum absolute atomic E-state index is 13.1. The van der Waals surface area contributed by atoms with E-state index in [-0.39, 0.29) is 17.4 Å². The number of hydrogen-bond acceptors (Lipinski definition) is 5. The summed E-state index contributed by atoms with van der Waals surface area (Å²) in [4.78, 5) is 35.5. The van der Waals surface area contributed by atoms with Gasteiger partial charge in [-0.25, -0.2) is 9.97 Å². The second-order valence-corrected chi connectivity index (χ2v) is 8.10. The van der Waals surface area contributed by atoms with Gasteiger partial charge in [0.1, 0.15) is 11.2 Å². The Kier molecular flexibility index (Phi) is 6.78. The van der Waals surface area contributed by atoms with E-state index >= 15 is 0 Å². The summed E-state index contributed by atoms with van der Waals surface area (Å²) in [5, 5.41) is 2.55. The van der Waals surface area contributed by atoms with Gasteiger partial charge >= 0.3 is 6.18 Å². The Balaban J connectivity index is 1.90. The van der Waals surface area contributed by atoms with Gasteiger partial charge in [-0.1, -0.05) is 17.7 Å². The zero-order valence-corrected chi connectivity index (χ0v) is 18.6. The number of carbonyl (C=O) groups is 1. The lowest BCUT2D eigenvalue weighted by molar-refractivity contribution is -0.211. The Labute approximate surface area is 192 Å². The van der Waals surface area contributed by atoms with Gasteiger partial charge in [-0.2, -0.15) is 13.2 Å². The number of aromatic amines is 1. The molecule has 11 heteroatoms. The van der Waals surface area contributed by atoms with Crippen LogP contribution >= 0.6 is 11.6 Å². The lowest BCUT2D eigenvalue weighted by Gasteiger charge is -2.26. The number of alkyl halides is 3. The number of ether oxygens (including phenoxy) is 1. The van der Waals surface area contributed by atoms with Crippen molar-refractivity contribution in [3.63, 3.8) is 0 Å². The van der Waals surface area contributed by atoms with E-state index in [1.165, 1.54) is 31.5 Å². The van der Waals surface area contributed by atoms with E-state index in [2.05, 4.69) is 20.3 Å². The molecule has 0 unspecified atom stereocenters. The molecule has 0 saturated heterocycles. The molecule has 0 fully saturated rings. The molecule has 0 saturated carbocycles. The number of carbonyl (C=O) groups excluding carboxylic acids is 1. The molecule has 0 aliphatic rings. The fourth-order valence-corrected chi connectivity index (χ4v) is 2.99. The minimum absolute atomic E-state index is 0.155. The molecule has 3 rings (SSSR count). The Morgan fingerprint density at radius 2 is 1.91 bits per heavy atom. The number of nitrogens with one attached hydrogen (secondary N) is 2. The normalized spacial score (nSPS) is 11.8. The molecule has 0 radical (unpaired) electrons. The molecule has 1 aromatic carbocycles. The number of hydrogen-bond donors (Lipinski definition) is 2. The van der Waals surface area contributed by atoms with Crippen molar-refractivity contribution in [1.29, 1.82) is 0 Å². The standard InChI is InChI=1S/C22H20ClF3N4O3/c1-21(2,22(24,25)26)20(32)28-10-12-4-6-15(23)14(8-12)19-29-16(9-17(31)30-19)13-5-7-18(33-3)27-11-13/h4-9,11H,10H2,1-3H3,(H,28,32)(H,29,30,31). The highest BCUT2D eigenvalue weighted by molar-refractivity contribution is 6.33. The van der Waals surface area contributed by atoms with Gasteiger partial charge in [0.05, 0.1) is 17.8 Å². The smallest absolute Gasteiger partial charge is 0.402 e.